The zero-order valence-corrected chi connectivity index (χ0v) is 8.08. The summed E-state index contributed by atoms with van der Waals surface area (Å²) < 4.78 is 5.44. The summed E-state index contributed by atoms with van der Waals surface area (Å²) in [5.74, 6) is 0.839. The van der Waals surface area contributed by atoms with Gasteiger partial charge in [-0.3, -0.25) is 4.18 Å². The molecule has 0 N–H and O–H groups in total. The molecule has 0 aliphatic carbocycles. The van der Waals surface area contributed by atoms with Crippen LogP contribution in [0, 0.1) is 0 Å². The van der Waals surface area contributed by atoms with Crippen LogP contribution in [0.3, 0.4) is 0 Å². The first kappa shape index (κ1) is 8.75. The van der Waals surface area contributed by atoms with Crippen LogP contribution in [0.25, 0.3) is 0 Å². The van der Waals surface area contributed by atoms with Crippen molar-refractivity contribution in [3.05, 3.63) is 29.3 Å². The third kappa shape index (κ3) is 3.04. The smallest absolute Gasteiger partial charge is 0.191 e. The third-order valence-corrected chi connectivity index (χ3v) is 1.82. The highest BCUT2D eigenvalue weighted by Gasteiger charge is 2.05. The number of hydrogen-bond donors (Lipinski definition) is 0. The van der Waals surface area contributed by atoms with Gasteiger partial charge in [0.2, 0.25) is 0 Å². The van der Waals surface area contributed by atoms with E-state index in [0.29, 0.717) is 5.02 Å². The van der Waals surface area contributed by atoms with Crippen molar-refractivity contribution in [1.82, 2.24) is 0 Å². The molecule has 0 saturated heterocycles. The zero-order valence-electron chi connectivity index (χ0n) is 6.50. The molecule has 0 radical (unpaired) electrons. The summed E-state index contributed by atoms with van der Waals surface area (Å²) in [4.78, 5) is 0. The highest BCUT2D eigenvalue weighted by Crippen LogP contribution is 2.18. The molecular formula is C8H10ClOS+. The molecule has 0 amide bonds. The third-order valence-electron chi connectivity index (χ3n) is 1.06. The van der Waals surface area contributed by atoms with Gasteiger partial charge in [-0.15, -0.1) is 0 Å². The SMILES string of the molecule is C[S+](C)Oc1cccc(Cl)c1. The van der Waals surface area contributed by atoms with Gasteiger partial charge in [0.05, 0.1) is 0 Å². The Morgan fingerprint density at radius 1 is 1.36 bits per heavy atom. The Hall–Kier alpha value is -0.340. The predicted octanol–water partition coefficient (Wildman–Crippen LogP) is 2.51. The number of hydrogen-bond acceptors (Lipinski definition) is 1. The molecule has 1 aromatic rings. The monoisotopic (exact) mass is 189 g/mol. The number of benzene rings is 1. The van der Waals surface area contributed by atoms with Gasteiger partial charge in [-0.05, 0) is 12.1 Å². The molecule has 0 atom stereocenters. The van der Waals surface area contributed by atoms with Crippen LogP contribution in [-0.2, 0) is 11.2 Å². The Balaban J connectivity index is 2.71. The van der Waals surface area contributed by atoms with E-state index in [1.165, 1.54) is 0 Å². The van der Waals surface area contributed by atoms with Gasteiger partial charge in [0.15, 0.2) is 16.9 Å². The van der Waals surface area contributed by atoms with Crippen molar-refractivity contribution in [2.75, 3.05) is 12.5 Å². The molecule has 0 aliphatic heterocycles. The predicted molar refractivity (Wildman–Crippen MR) is 51.3 cm³/mol. The van der Waals surface area contributed by atoms with E-state index < -0.39 is 0 Å². The Kier molecular flexibility index (Phi) is 3.09. The molecule has 0 heterocycles. The van der Waals surface area contributed by atoms with Gasteiger partial charge in [0.1, 0.15) is 12.5 Å². The van der Waals surface area contributed by atoms with Gasteiger partial charge >= 0.3 is 0 Å². The zero-order chi connectivity index (χ0) is 8.27. The fourth-order valence-corrected chi connectivity index (χ4v) is 1.38. The fraction of sp³-hybridized carbons (Fsp3) is 0.250. The quantitative estimate of drug-likeness (QED) is 0.650. The van der Waals surface area contributed by atoms with Crippen molar-refractivity contribution in [2.24, 2.45) is 0 Å². The van der Waals surface area contributed by atoms with E-state index >= 15 is 0 Å². The molecule has 0 fully saturated rings. The summed E-state index contributed by atoms with van der Waals surface area (Å²) in [6, 6.07) is 7.43. The molecule has 11 heavy (non-hydrogen) atoms. The normalized spacial score (nSPS) is 10.2. The number of rotatable bonds is 2. The maximum Gasteiger partial charge on any atom is 0.191 e. The average molecular weight is 190 g/mol. The van der Waals surface area contributed by atoms with Gasteiger partial charge in [-0.25, -0.2) is 0 Å². The lowest BCUT2D eigenvalue weighted by Crippen LogP contribution is -2.03. The molecule has 0 spiro atoms. The minimum Gasteiger partial charge on any atom is -0.287 e. The molecule has 0 aromatic heterocycles. The second-order valence-corrected chi connectivity index (χ2v) is 4.37. The Bertz CT molecular complexity index is 237. The summed E-state index contributed by atoms with van der Waals surface area (Å²) in [6.45, 7) is 0. The topological polar surface area (TPSA) is 9.23 Å². The van der Waals surface area contributed by atoms with Crippen molar-refractivity contribution in [3.8, 4) is 5.75 Å². The fourth-order valence-electron chi connectivity index (χ4n) is 0.711. The van der Waals surface area contributed by atoms with Crippen LogP contribution in [0.15, 0.2) is 24.3 Å². The van der Waals surface area contributed by atoms with Crippen LogP contribution in [0.2, 0.25) is 5.02 Å². The Morgan fingerprint density at radius 3 is 2.64 bits per heavy atom. The lowest BCUT2D eigenvalue weighted by atomic mass is 10.3. The molecule has 1 rings (SSSR count). The van der Waals surface area contributed by atoms with E-state index in [-0.39, 0.29) is 11.2 Å². The van der Waals surface area contributed by atoms with E-state index in [4.69, 9.17) is 15.8 Å². The van der Waals surface area contributed by atoms with E-state index in [1.807, 2.05) is 36.8 Å². The second-order valence-electron chi connectivity index (χ2n) is 2.28. The molecule has 0 unspecified atom stereocenters. The summed E-state index contributed by atoms with van der Waals surface area (Å²) >= 11 is 5.72. The Labute approximate surface area is 74.9 Å². The Morgan fingerprint density at radius 2 is 2.09 bits per heavy atom. The van der Waals surface area contributed by atoms with E-state index in [0.717, 1.165) is 5.75 Å². The first-order valence-electron chi connectivity index (χ1n) is 3.20. The molecule has 3 heteroatoms. The first-order valence-corrected chi connectivity index (χ1v) is 5.54. The molecule has 60 valence electrons. The van der Waals surface area contributed by atoms with Crippen molar-refractivity contribution in [3.63, 3.8) is 0 Å². The first-order chi connectivity index (χ1) is 5.18. The van der Waals surface area contributed by atoms with Gasteiger partial charge < -0.3 is 0 Å². The minimum absolute atomic E-state index is 0.0335. The summed E-state index contributed by atoms with van der Waals surface area (Å²) in [7, 11) is 0. The minimum atomic E-state index is -0.0335. The van der Waals surface area contributed by atoms with Gasteiger partial charge in [-0.1, -0.05) is 17.7 Å². The van der Waals surface area contributed by atoms with Crippen molar-refractivity contribution in [2.45, 2.75) is 0 Å². The lowest BCUT2D eigenvalue weighted by molar-refractivity contribution is 0.635. The molecular weight excluding hydrogens is 180 g/mol. The van der Waals surface area contributed by atoms with Gasteiger partial charge in [-0.2, -0.15) is 0 Å². The maximum absolute atomic E-state index is 5.75. The van der Waals surface area contributed by atoms with Gasteiger partial charge in [0.25, 0.3) is 0 Å². The van der Waals surface area contributed by atoms with Crippen LogP contribution >= 0.6 is 11.6 Å². The van der Waals surface area contributed by atoms with Crippen LogP contribution in [0.4, 0.5) is 0 Å². The van der Waals surface area contributed by atoms with Crippen molar-refractivity contribution < 1.29 is 4.18 Å². The van der Waals surface area contributed by atoms with Gasteiger partial charge in [0, 0.05) is 11.1 Å². The summed E-state index contributed by atoms with van der Waals surface area (Å²) in [6.07, 6.45) is 4.03. The molecule has 1 aromatic carbocycles. The molecule has 1 nitrogen and oxygen atoms in total. The van der Waals surface area contributed by atoms with E-state index in [1.54, 1.807) is 0 Å². The summed E-state index contributed by atoms with van der Waals surface area (Å²) in [5.41, 5.74) is 0. The molecule has 0 bridgehead atoms. The number of halogens is 1. The standard InChI is InChI=1S/C8H10ClOS/c1-11(2)10-8-5-3-4-7(9)6-8/h3-6H,1-2H3/q+1. The highest BCUT2D eigenvalue weighted by atomic mass is 35.5. The van der Waals surface area contributed by atoms with Crippen molar-refractivity contribution >= 4 is 22.8 Å². The van der Waals surface area contributed by atoms with Crippen LogP contribution < -0.4 is 4.18 Å². The van der Waals surface area contributed by atoms with Crippen molar-refractivity contribution in [1.29, 1.82) is 0 Å². The van der Waals surface area contributed by atoms with Crippen LogP contribution in [0.1, 0.15) is 0 Å². The van der Waals surface area contributed by atoms with E-state index in [9.17, 15) is 0 Å². The second kappa shape index (κ2) is 3.88. The lowest BCUT2D eigenvalue weighted by Gasteiger charge is -1.98. The average Bonchev–Trinajstić information content (AvgIpc) is 1.85. The van der Waals surface area contributed by atoms with Crippen LogP contribution in [0.5, 0.6) is 5.75 Å². The largest absolute Gasteiger partial charge is 0.287 e. The van der Waals surface area contributed by atoms with E-state index in [2.05, 4.69) is 0 Å². The molecule has 0 saturated carbocycles. The molecule has 0 aliphatic rings. The highest BCUT2D eigenvalue weighted by molar-refractivity contribution is 7.91. The maximum atomic E-state index is 5.75. The summed E-state index contributed by atoms with van der Waals surface area (Å²) in [5, 5.41) is 0.716. The van der Waals surface area contributed by atoms with Crippen LogP contribution in [-0.4, -0.2) is 12.5 Å².